The highest BCUT2D eigenvalue weighted by Crippen LogP contribution is 2.33. The first-order valence-corrected chi connectivity index (χ1v) is 12.5. The molecule has 0 aliphatic heterocycles. The van der Waals surface area contributed by atoms with Crippen LogP contribution in [-0.2, 0) is 11.2 Å². The first kappa shape index (κ1) is 24.3. The number of carbonyl (C=O) groups is 2. The second-order valence-corrected chi connectivity index (χ2v) is 9.91. The molecule has 0 aliphatic carbocycles. The Morgan fingerprint density at radius 1 is 0.882 bits per heavy atom. The lowest BCUT2D eigenvalue weighted by atomic mass is 10.0. The summed E-state index contributed by atoms with van der Waals surface area (Å²) in [6, 6.07) is 24.3. The quantitative estimate of drug-likeness (QED) is 0.106. The molecule has 5 nitrogen and oxygen atoms in total. The molecule has 0 spiro atoms. The number of hydrogen-bond donors (Lipinski definition) is 1. The third-order valence-electron chi connectivity index (χ3n) is 4.95. The van der Waals surface area contributed by atoms with Crippen LogP contribution in [0.15, 0.2) is 97.4 Å². The zero-order valence-electron chi connectivity index (χ0n) is 17.6. The second kappa shape index (κ2) is 11.1. The van der Waals surface area contributed by atoms with Gasteiger partial charge in [0.25, 0.3) is 0 Å². The molecule has 34 heavy (non-hydrogen) atoms. The molecule has 0 fully saturated rings. The summed E-state index contributed by atoms with van der Waals surface area (Å²) in [5.41, 5.74) is 4.37. The topological polar surface area (TPSA) is 67.8 Å². The molecule has 0 unspecified atom stereocenters. The molecule has 8 heteroatoms. The number of carbonyl (C=O) groups excluding carboxylic acids is 2. The van der Waals surface area contributed by atoms with E-state index in [9.17, 15) is 9.59 Å². The van der Waals surface area contributed by atoms with Crippen LogP contribution in [-0.4, -0.2) is 18.1 Å². The van der Waals surface area contributed by atoms with Gasteiger partial charge in [-0.15, -0.1) is 0 Å². The van der Waals surface area contributed by atoms with Crippen LogP contribution in [0, 0.1) is 0 Å². The van der Waals surface area contributed by atoms with Gasteiger partial charge in [0.05, 0.1) is 22.7 Å². The summed E-state index contributed by atoms with van der Waals surface area (Å²) >= 11 is 10.2. The molecule has 0 aliphatic rings. The zero-order chi connectivity index (χ0) is 24.1. The van der Waals surface area contributed by atoms with Crippen LogP contribution < -0.4 is 10.2 Å². The molecule has 0 atom stereocenters. The van der Waals surface area contributed by atoms with Gasteiger partial charge in [-0.05, 0) is 72.5 Å². The number of nitrogens with one attached hydrogen (secondary N) is 1. The maximum Gasteiger partial charge on any atom is 0.344 e. The maximum absolute atomic E-state index is 12.7. The van der Waals surface area contributed by atoms with Crippen LogP contribution in [0.5, 0.6) is 5.75 Å². The minimum atomic E-state index is -0.523. The predicted molar refractivity (Wildman–Crippen MR) is 144 cm³/mol. The fourth-order valence-corrected chi connectivity index (χ4v) is 5.18. The van der Waals surface area contributed by atoms with Gasteiger partial charge in [-0.1, -0.05) is 70.5 Å². The maximum atomic E-state index is 12.7. The van der Waals surface area contributed by atoms with E-state index in [0.717, 1.165) is 20.8 Å². The minimum absolute atomic E-state index is 0.185. The first-order valence-electron chi connectivity index (χ1n) is 10.2. The Hall–Kier alpha value is -2.81. The monoisotopic (exact) mass is 642 g/mol. The van der Waals surface area contributed by atoms with Crippen LogP contribution in [0.4, 0.5) is 0 Å². The molecule has 4 aromatic rings. The predicted octanol–water partition coefficient (Wildman–Crippen LogP) is 7.04. The molecule has 0 aromatic heterocycles. The van der Waals surface area contributed by atoms with Crippen LogP contribution in [0.3, 0.4) is 0 Å². The van der Waals surface area contributed by atoms with E-state index in [-0.39, 0.29) is 18.1 Å². The first-order chi connectivity index (χ1) is 16.4. The van der Waals surface area contributed by atoms with Crippen molar-refractivity contribution in [3.8, 4) is 5.75 Å². The molecule has 0 radical (unpaired) electrons. The van der Waals surface area contributed by atoms with E-state index in [2.05, 4.69) is 58.3 Å². The Bertz CT molecular complexity index is 1410. The summed E-state index contributed by atoms with van der Waals surface area (Å²) in [6.45, 7) is 0. The van der Waals surface area contributed by atoms with Crippen molar-refractivity contribution in [2.75, 3.05) is 0 Å². The number of benzene rings is 4. The van der Waals surface area contributed by atoms with Crippen molar-refractivity contribution in [3.05, 3.63) is 109 Å². The molecule has 1 N–H and O–H groups in total. The van der Waals surface area contributed by atoms with E-state index in [0.29, 0.717) is 20.1 Å². The van der Waals surface area contributed by atoms with Gasteiger partial charge in [-0.3, -0.25) is 4.79 Å². The highest BCUT2D eigenvalue weighted by atomic mass is 79.9. The Kier molecular flexibility index (Phi) is 7.92. The Labute approximate surface area is 221 Å². The average molecular weight is 645 g/mol. The van der Waals surface area contributed by atoms with Gasteiger partial charge >= 0.3 is 5.97 Å². The lowest BCUT2D eigenvalue weighted by Gasteiger charge is -2.11. The van der Waals surface area contributed by atoms with Crippen LogP contribution in [0.1, 0.15) is 21.5 Å². The molecular formula is C26H17Br3N2O3. The van der Waals surface area contributed by atoms with Crippen molar-refractivity contribution < 1.29 is 14.3 Å². The third-order valence-corrected chi connectivity index (χ3v) is 6.69. The van der Waals surface area contributed by atoms with Gasteiger partial charge in [-0.25, -0.2) is 10.2 Å². The summed E-state index contributed by atoms with van der Waals surface area (Å²) in [6.07, 6.45) is 1.63. The Morgan fingerprint density at radius 3 is 2.44 bits per heavy atom. The van der Waals surface area contributed by atoms with Gasteiger partial charge in [-0.2, -0.15) is 5.10 Å². The van der Waals surface area contributed by atoms with Gasteiger partial charge in [0, 0.05) is 14.5 Å². The number of ether oxygens (including phenoxy) is 1. The number of rotatable bonds is 6. The van der Waals surface area contributed by atoms with Crippen molar-refractivity contribution in [1.82, 2.24) is 5.43 Å². The highest BCUT2D eigenvalue weighted by molar-refractivity contribution is 9.11. The van der Waals surface area contributed by atoms with E-state index in [1.54, 1.807) is 30.3 Å². The highest BCUT2D eigenvalue weighted by Gasteiger charge is 2.17. The number of fused-ring (bicyclic) bond motifs is 1. The Balaban J connectivity index is 1.51. The number of hydrazone groups is 1. The van der Waals surface area contributed by atoms with Gasteiger partial charge in [0.15, 0.2) is 5.75 Å². The van der Waals surface area contributed by atoms with Crippen LogP contribution >= 0.6 is 47.8 Å². The summed E-state index contributed by atoms with van der Waals surface area (Å²) in [5, 5.41) is 6.20. The van der Waals surface area contributed by atoms with E-state index >= 15 is 0 Å². The average Bonchev–Trinajstić information content (AvgIpc) is 2.81. The molecule has 0 saturated carbocycles. The van der Waals surface area contributed by atoms with Crippen molar-refractivity contribution in [3.63, 3.8) is 0 Å². The SMILES string of the molecule is O=C(Cc1cccc2ccccc12)N/N=C/c1cc(Br)cc(Br)c1OC(=O)c1ccccc1Br. The summed E-state index contributed by atoms with van der Waals surface area (Å²) in [5.74, 6) is -0.491. The molecule has 1 amide bonds. The normalized spacial score (nSPS) is 11.0. The molecule has 0 bridgehead atoms. The van der Waals surface area contributed by atoms with E-state index in [1.807, 2.05) is 48.5 Å². The van der Waals surface area contributed by atoms with Gasteiger partial charge in [0.1, 0.15) is 0 Å². The number of esters is 1. The zero-order valence-corrected chi connectivity index (χ0v) is 22.4. The smallest absolute Gasteiger partial charge is 0.344 e. The molecule has 0 saturated heterocycles. The van der Waals surface area contributed by atoms with Crippen molar-refractivity contribution >= 4 is 76.7 Å². The molecule has 4 aromatic carbocycles. The number of nitrogens with zero attached hydrogens (tertiary/aromatic N) is 1. The van der Waals surface area contributed by atoms with Crippen LogP contribution in [0.25, 0.3) is 10.8 Å². The molecular weight excluding hydrogens is 628 g/mol. The number of halogens is 3. The molecule has 0 heterocycles. The van der Waals surface area contributed by atoms with Gasteiger partial charge < -0.3 is 4.74 Å². The lowest BCUT2D eigenvalue weighted by Crippen LogP contribution is -2.20. The standard InChI is InChI=1S/C26H17Br3N2O3/c27-19-12-18(25(23(29)14-19)34-26(33)21-10-3-4-11-22(21)28)15-30-31-24(32)13-17-8-5-7-16-6-1-2-9-20(16)17/h1-12,14-15H,13H2,(H,31,32)/b30-15+. The van der Waals surface area contributed by atoms with E-state index in [4.69, 9.17) is 4.74 Å². The number of amides is 1. The fourth-order valence-electron chi connectivity index (χ4n) is 3.39. The van der Waals surface area contributed by atoms with Crippen molar-refractivity contribution in [1.29, 1.82) is 0 Å². The molecule has 170 valence electrons. The lowest BCUT2D eigenvalue weighted by molar-refractivity contribution is -0.120. The largest absolute Gasteiger partial charge is 0.421 e. The van der Waals surface area contributed by atoms with Crippen molar-refractivity contribution in [2.24, 2.45) is 5.10 Å². The van der Waals surface area contributed by atoms with Gasteiger partial charge in [0.2, 0.25) is 5.91 Å². The molecule has 4 rings (SSSR count). The third kappa shape index (κ3) is 5.81. The van der Waals surface area contributed by atoms with Crippen molar-refractivity contribution in [2.45, 2.75) is 6.42 Å². The van der Waals surface area contributed by atoms with Crippen LogP contribution in [0.2, 0.25) is 0 Å². The van der Waals surface area contributed by atoms with E-state index < -0.39 is 5.97 Å². The van der Waals surface area contributed by atoms with E-state index in [1.165, 1.54) is 6.21 Å². The minimum Gasteiger partial charge on any atom is -0.421 e. The fraction of sp³-hybridized carbons (Fsp3) is 0.0385. The summed E-state index contributed by atoms with van der Waals surface area (Å²) in [4.78, 5) is 25.2. The summed E-state index contributed by atoms with van der Waals surface area (Å²) in [7, 11) is 0. The summed E-state index contributed by atoms with van der Waals surface area (Å²) < 4.78 is 7.60. The number of hydrogen-bond acceptors (Lipinski definition) is 4. The Morgan fingerprint density at radius 2 is 1.62 bits per heavy atom. The second-order valence-electron chi connectivity index (χ2n) is 7.28.